The largest absolute Gasteiger partial charge is 0.300 e. The number of rotatable bonds is 3. The van der Waals surface area contributed by atoms with Crippen LogP contribution in [0.4, 0.5) is 0 Å². The van der Waals surface area contributed by atoms with Crippen molar-refractivity contribution in [3.05, 3.63) is 11.6 Å². The molecule has 0 spiro atoms. The Morgan fingerprint density at radius 1 is 1.29 bits per heavy atom. The molecule has 0 unspecified atom stereocenters. The van der Waals surface area contributed by atoms with E-state index in [9.17, 15) is 4.79 Å². The molecule has 80 valence electrons. The van der Waals surface area contributed by atoms with E-state index in [0.717, 1.165) is 32.5 Å². The minimum atomic E-state index is 0.331. The number of allylic oxidation sites excluding steroid dienone is 1. The van der Waals surface area contributed by atoms with Crippen molar-refractivity contribution in [2.45, 2.75) is 33.6 Å². The average molecular weight is 195 g/mol. The summed E-state index contributed by atoms with van der Waals surface area (Å²) in [5.41, 5.74) is 1.37. The van der Waals surface area contributed by atoms with Crippen LogP contribution in [0, 0.1) is 5.92 Å². The van der Waals surface area contributed by atoms with Crippen LogP contribution in [-0.4, -0.2) is 30.3 Å². The lowest BCUT2D eigenvalue weighted by Gasteiger charge is -2.29. The Morgan fingerprint density at radius 3 is 2.29 bits per heavy atom. The van der Waals surface area contributed by atoms with Crippen molar-refractivity contribution >= 4 is 5.78 Å². The highest BCUT2D eigenvalue weighted by molar-refractivity contribution is 5.78. The number of nitrogens with zero attached hydrogens (tertiary/aromatic N) is 1. The molecule has 1 aliphatic heterocycles. The van der Waals surface area contributed by atoms with E-state index in [1.807, 2.05) is 0 Å². The molecule has 1 saturated heterocycles. The van der Waals surface area contributed by atoms with Crippen molar-refractivity contribution in [3.8, 4) is 0 Å². The summed E-state index contributed by atoms with van der Waals surface area (Å²) < 4.78 is 0. The van der Waals surface area contributed by atoms with Crippen molar-refractivity contribution in [2.24, 2.45) is 5.92 Å². The first-order valence-corrected chi connectivity index (χ1v) is 5.45. The fourth-order valence-corrected chi connectivity index (χ4v) is 1.83. The topological polar surface area (TPSA) is 20.3 Å². The second-order valence-corrected chi connectivity index (χ2v) is 4.47. The zero-order valence-corrected chi connectivity index (χ0v) is 9.55. The fraction of sp³-hybridized carbons (Fsp3) is 0.750. The highest BCUT2D eigenvalue weighted by Crippen LogP contribution is 2.17. The number of Topliss-reactive ketones (excluding diaryl/α,β-unsaturated/α-hetero) is 1. The first-order chi connectivity index (χ1) is 6.59. The number of likely N-dealkylation sites (tertiary alicyclic amines) is 1. The maximum atomic E-state index is 11.1. The van der Waals surface area contributed by atoms with Crippen LogP contribution in [0.5, 0.6) is 0 Å². The number of carbonyl (C=O) groups is 1. The lowest BCUT2D eigenvalue weighted by molar-refractivity contribution is -0.122. The molecule has 0 bridgehead atoms. The third-order valence-corrected chi connectivity index (χ3v) is 2.92. The van der Waals surface area contributed by atoms with Gasteiger partial charge in [0.1, 0.15) is 5.78 Å². The molecule has 0 aromatic carbocycles. The van der Waals surface area contributed by atoms with Crippen molar-refractivity contribution in [1.82, 2.24) is 4.90 Å². The second kappa shape index (κ2) is 5.30. The predicted octanol–water partition coefficient (Wildman–Crippen LogP) is 2.25. The smallest absolute Gasteiger partial charge is 0.133 e. The standard InChI is InChI=1S/C12H21NO/c1-10(2)4-7-13-8-5-12(6-9-13)11(3)14/h4,12H,5-9H2,1-3H3. The molecule has 1 rings (SSSR count). The van der Waals surface area contributed by atoms with Gasteiger partial charge in [0.25, 0.3) is 0 Å². The van der Waals surface area contributed by atoms with Gasteiger partial charge in [0.2, 0.25) is 0 Å². The molecular weight excluding hydrogens is 174 g/mol. The van der Waals surface area contributed by atoms with Crippen molar-refractivity contribution < 1.29 is 4.79 Å². The van der Waals surface area contributed by atoms with Crippen molar-refractivity contribution in [1.29, 1.82) is 0 Å². The Hall–Kier alpha value is -0.630. The predicted molar refractivity (Wildman–Crippen MR) is 59.3 cm³/mol. The van der Waals surface area contributed by atoms with Crippen LogP contribution in [0.3, 0.4) is 0 Å². The molecule has 0 aliphatic carbocycles. The number of piperidine rings is 1. The normalized spacial score (nSPS) is 19.4. The maximum Gasteiger partial charge on any atom is 0.133 e. The first kappa shape index (κ1) is 11.4. The summed E-state index contributed by atoms with van der Waals surface area (Å²) in [6.07, 6.45) is 4.35. The van der Waals surface area contributed by atoms with E-state index in [4.69, 9.17) is 0 Å². The quantitative estimate of drug-likeness (QED) is 0.644. The van der Waals surface area contributed by atoms with Gasteiger partial charge in [-0.15, -0.1) is 0 Å². The number of carbonyl (C=O) groups excluding carboxylic acids is 1. The van der Waals surface area contributed by atoms with E-state index >= 15 is 0 Å². The van der Waals surface area contributed by atoms with Crippen LogP contribution in [0.25, 0.3) is 0 Å². The monoisotopic (exact) mass is 195 g/mol. The Balaban J connectivity index is 2.29. The molecular formula is C12H21NO. The van der Waals surface area contributed by atoms with Crippen LogP contribution in [0.15, 0.2) is 11.6 Å². The van der Waals surface area contributed by atoms with E-state index in [1.165, 1.54) is 5.57 Å². The zero-order chi connectivity index (χ0) is 10.6. The highest BCUT2D eigenvalue weighted by atomic mass is 16.1. The van der Waals surface area contributed by atoms with E-state index in [2.05, 4.69) is 24.8 Å². The van der Waals surface area contributed by atoms with Crippen LogP contribution in [0.2, 0.25) is 0 Å². The molecule has 0 amide bonds. The number of hydrogen-bond acceptors (Lipinski definition) is 2. The van der Waals surface area contributed by atoms with Gasteiger partial charge in [0.15, 0.2) is 0 Å². The second-order valence-electron chi connectivity index (χ2n) is 4.47. The maximum absolute atomic E-state index is 11.1. The van der Waals surface area contributed by atoms with Gasteiger partial charge in [-0.3, -0.25) is 9.69 Å². The average Bonchev–Trinajstić information content (AvgIpc) is 2.15. The van der Waals surface area contributed by atoms with Crippen molar-refractivity contribution in [2.75, 3.05) is 19.6 Å². The third kappa shape index (κ3) is 3.62. The molecule has 0 N–H and O–H groups in total. The summed E-state index contributed by atoms with van der Waals surface area (Å²) in [6.45, 7) is 9.18. The van der Waals surface area contributed by atoms with Gasteiger partial charge >= 0.3 is 0 Å². The molecule has 0 radical (unpaired) electrons. The Bertz CT molecular complexity index is 220. The van der Waals surface area contributed by atoms with E-state index in [-0.39, 0.29) is 0 Å². The van der Waals surface area contributed by atoms with Crippen LogP contribution in [0.1, 0.15) is 33.6 Å². The molecule has 1 fully saturated rings. The molecule has 0 saturated carbocycles. The zero-order valence-electron chi connectivity index (χ0n) is 9.55. The summed E-state index contributed by atoms with van der Waals surface area (Å²) in [6, 6.07) is 0. The summed E-state index contributed by atoms with van der Waals surface area (Å²) in [5, 5.41) is 0. The van der Waals surface area contributed by atoms with Gasteiger partial charge < -0.3 is 0 Å². The van der Waals surface area contributed by atoms with Crippen molar-refractivity contribution in [3.63, 3.8) is 0 Å². The molecule has 0 atom stereocenters. The van der Waals surface area contributed by atoms with Crippen LogP contribution < -0.4 is 0 Å². The lowest BCUT2D eigenvalue weighted by atomic mass is 9.93. The molecule has 1 aliphatic rings. The Kier molecular flexibility index (Phi) is 4.33. The van der Waals surface area contributed by atoms with Crippen LogP contribution >= 0.6 is 0 Å². The van der Waals surface area contributed by atoms with Gasteiger partial charge in [0.05, 0.1) is 0 Å². The fourth-order valence-electron chi connectivity index (χ4n) is 1.83. The third-order valence-electron chi connectivity index (χ3n) is 2.92. The lowest BCUT2D eigenvalue weighted by Crippen LogP contribution is -2.35. The van der Waals surface area contributed by atoms with E-state index in [0.29, 0.717) is 11.7 Å². The van der Waals surface area contributed by atoms with E-state index in [1.54, 1.807) is 6.92 Å². The molecule has 0 aromatic heterocycles. The number of ketones is 1. The minimum absolute atomic E-state index is 0.331. The minimum Gasteiger partial charge on any atom is -0.300 e. The first-order valence-electron chi connectivity index (χ1n) is 5.45. The molecule has 1 heterocycles. The van der Waals surface area contributed by atoms with Gasteiger partial charge in [-0.25, -0.2) is 0 Å². The van der Waals surface area contributed by atoms with Gasteiger partial charge in [-0.2, -0.15) is 0 Å². The molecule has 2 nitrogen and oxygen atoms in total. The summed E-state index contributed by atoms with van der Waals surface area (Å²) >= 11 is 0. The van der Waals surface area contributed by atoms with Gasteiger partial charge in [0, 0.05) is 12.5 Å². The molecule has 2 heteroatoms. The number of hydrogen-bond donors (Lipinski definition) is 0. The van der Waals surface area contributed by atoms with Gasteiger partial charge in [-0.1, -0.05) is 11.6 Å². The highest BCUT2D eigenvalue weighted by Gasteiger charge is 2.21. The SMILES string of the molecule is CC(=O)C1CCN(CC=C(C)C)CC1. The summed E-state index contributed by atoms with van der Waals surface area (Å²) in [5.74, 6) is 0.699. The summed E-state index contributed by atoms with van der Waals surface area (Å²) in [4.78, 5) is 13.6. The summed E-state index contributed by atoms with van der Waals surface area (Å²) in [7, 11) is 0. The molecule has 0 aromatic rings. The van der Waals surface area contributed by atoms with E-state index < -0.39 is 0 Å². The van der Waals surface area contributed by atoms with Gasteiger partial charge in [-0.05, 0) is 46.7 Å². The van der Waals surface area contributed by atoms with Crippen LogP contribution in [-0.2, 0) is 4.79 Å². The Morgan fingerprint density at radius 2 is 1.86 bits per heavy atom. The Labute approximate surface area is 87.0 Å². The molecule has 14 heavy (non-hydrogen) atoms.